The first-order valence-electron chi connectivity index (χ1n) is 7.51. The van der Waals surface area contributed by atoms with E-state index in [1.54, 1.807) is 4.90 Å². The molecular formula is C16H19FN2O2. The van der Waals surface area contributed by atoms with Gasteiger partial charge >= 0.3 is 11.8 Å². The smallest absolute Gasteiger partial charge is 0.316 e. The van der Waals surface area contributed by atoms with Crippen LogP contribution in [0.25, 0.3) is 0 Å². The number of rotatable bonds is 3. The minimum atomic E-state index is -0.508. The van der Waals surface area contributed by atoms with E-state index in [-0.39, 0.29) is 5.82 Å². The number of anilines is 1. The maximum atomic E-state index is 12.9. The molecule has 2 aliphatic rings. The number of nitrogens with zero attached hydrogens (tertiary/aromatic N) is 2. The Labute approximate surface area is 123 Å². The predicted octanol–water partition coefficient (Wildman–Crippen LogP) is 2.19. The molecule has 2 fully saturated rings. The van der Waals surface area contributed by atoms with Crippen LogP contribution in [0.5, 0.6) is 0 Å². The summed E-state index contributed by atoms with van der Waals surface area (Å²) in [5.74, 6) is -0.750. The summed E-state index contributed by atoms with van der Waals surface area (Å²) in [6, 6.07) is 5.68. The average molecular weight is 290 g/mol. The van der Waals surface area contributed by atoms with Gasteiger partial charge in [0.1, 0.15) is 5.82 Å². The fraction of sp³-hybridized carbons (Fsp3) is 0.500. The van der Waals surface area contributed by atoms with E-state index < -0.39 is 11.8 Å². The zero-order chi connectivity index (χ0) is 14.8. The molecule has 0 bridgehead atoms. The molecule has 0 spiro atoms. The molecule has 0 aromatic heterocycles. The summed E-state index contributed by atoms with van der Waals surface area (Å²) in [6.45, 7) is 1.73. The van der Waals surface area contributed by atoms with Gasteiger partial charge in [0.05, 0.1) is 0 Å². The van der Waals surface area contributed by atoms with Gasteiger partial charge in [-0.15, -0.1) is 0 Å². The second kappa shape index (κ2) is 5.84. The third kappa shape index (κ3) is 2.91. The van der Waals surface area contributed by atoms with E-state index in [0.29, 0.717) is 31.2 Å². The van der Waals surface area contributed by atoms with E-state index in [4.69, 9.17) is 0 Å². The van der Waals surface area contributed by atoms with Gasteiger partial charge in [-0.3, -0.25) is 9.59 Å². The lowest BCUT2D eigenvalue weighted by Crippen LogP contribution is -2.55. The highest BCUT2D eigenvalue weighted by Gasteiger charge is 2.34. The number of halogens is 1. The van der Waals surface area contributed by atoms with Crippen molar-refractivity contribution < 1.29 is 14.0 Å². The van der Waals surface area contributed by atoms with Crippen molar-refractivity contribution in [3.8, 4) is 0 Å². The molecule has 1 saturated heterocycles. The summed E-state index contributed by atoms with van der Waals surface area (Å²) in [6.07, 6.45) is 4.75. The zero-order valence-corrected chi connectivity index (χ0v) is 11.9. The molecule has 21 heavy (non-hydrogen) atoms. The van der Waals surface area contributed by atoms with Crippen LogP contribution >= 0.6 is 0 Å². The molecular weight excluding hydrogens is 271 g/mol. The van der Waals surface area contributed by atoms with Crippen molar-refractivity contribution in [1.29, 1.82) is 0 Å². The molecule has 2 amide bonds. The third-order valence-corrected chi connectivity index (χ3v) is 4.40. The van der Waals surface area contributed by atoms with Gasteiger partial charge in [0, 0.05) is 25.3 Å². The Balaban J connectivity index is 1.67. The number of hydrogen-bond acceptors (Lipinski definition) is 2. The Bertz CT molecular complexity index is 538. The maximum absolute atomic E-state index is 12.9. The van der Waals surface area contributed by atoms with Crippen LogP contribution in [0, 0.1) is 11.7 Å². The van der Waals surface area contributed by atoms with Gasteiger partial charge in [0.15, 0.2) is 0 Å². The number of carbonyl (C=O) groups excluding carboxylic acids is 2. The van der Waals surface area contributed by atoms with Crippen molar-refractivity contribution in [2.24, 2.45) is 5.92 Å². The molecule has 1 heterocycles. The average Bonchev–Trinajstić information content (AvgIpc) is 2.98. The highest BCUT2D eigenvalue weighted by molar-refractivity contribution is 6.40. The lowest BCUT2D eigenvalue weighted by Gasteiger charge is -2.35. The van der Waals surface area contributed by atoms with Gasteiger partial charge in [-0.1, -0.05) is 12.8 Å². The largest absolute Gasteiger partial charge is 0.332 e. The monoisotopic (exact) mass is 290 g/mol. The quantitative estimate of drug-likeness (QED) is 0.801. The fourth-order valence-corrected chi connectivity index (χ4v) is 3.22. The van der Waals surface area contributed by atoms with Crippen LogP contribution in [0.15, 0.2) is 24.3 Å². The molecule has 1 aromatic carbocycles. The van der Waals surface area contributed by atoms with Crippen LogP contribution in [0.3, 0.4) is 0 Å². The highest BCUT2D eigenvalue weighted by Crippen LogP contribution is 2.26. The number of benzene rings is 1. The summed E-state index contributed by atoms with van der Waals surface area (Å²) in [5, 5.41) is 0. The van der Waals surface area contributed by atoms with Crippen LogP contribution in [0.2, 0.25) is 0 Å². The van der Waals surface area contributed by atoms with E-state index >= 15 is 0 Å². The van der Waals surface area contributed by atoms with E-state index in [1.165, 1.54) is 42.0 Å². The normalized spacial score (nSPS) is 20.4. The molecule has 112 valence electrons. The fourth-order valence-electron chi connectivity index (χ4n) is 3.22. The minimum absolute atomic E-state index is 0.350. The van der Waals surface area contributed by atoms with Crippen molar-refractivity contribution in [1.82, 2.24) is 4.90 Å². The number of amides is 2. The highest BCUT2D eigenvalue weighted by atomic mass is 19.1. The van der Waals surface area contributed by atoms with E-state index in [2.05, 4.69) is 0 Å². The molecule has 0 N–H and O–H groups in total. The second-order valence-corrected chi connectivity index (χ2v) is 5.83. The Morgan fingerprint density at radius 2 is 1.67 bits per heavy atom. The lowest BCUT2D eigenvalue weighted by molar-refractivity contribution is -0.146. The Kier molecular flexibility index (Phi) is 3.90. The SMILES string of the molecule is O=C1C(=O)N(c2ccc(F)cc2)CCN1CC1CCCC1. The first-order valence-corrected chi connectivity index (χ1v) is 7.51. The lowest BCUT2D eigenvalue weighted by atomic mass is 10.1. The van der Waals surface area contributed by atoms with Crippen molar-refractivity contribution in [2.45, 2.75) is 25.7 Å². The standard InChI is InChI=1S/C16H19FN2O2/c17-13-5-7-14(8-6-13)19-10-9-18(15(20)16(19)21)11-12-3-1-2-4-12/h5-8,12H,1-4,9-11H2. The Morgan fingerprint density at radius 1 is 1.00 bits per heavy atom. The van der Waals surface area contributed by atoms with E-state index in [1.807, 2.05) is 0 Å². The first-order chi connectivity index (χ1) is 10.1. The molecule has 3 rings (SSSR count). The molecule has 1 aliphatic heterocycles. The summed E-state index contributed by atoms with van der Waals surface area (Å²) in [5.41, 5.74) is 0.579. The summed E-state index contributed by atoms with van der Waals surface area (Å²) in [7, 11) is 0. The molecule has 1 aromatic rings. The van der Waals surface area contributed by atoms with Crippen LogP contribution in [0.4, 0.5) is 10.1 Å². The molecule has 0 unspecified atom stereocenters. The first kappa shape index (κ1) is 14.0. The maximum Gasteiger partial charge on any atom is 0.316 e. The predicted molar refractivity (Wildman–Crippen MR) is 77.3 cm³/mol. The van der Waals surface area contributed by atoms with Gasteiger partial charge in [-0.2, -0.15) is 0 Å². The van der Waals surface area contributed by atoms with Crippen molar-refractivity contribution in [3.05, 3.63) is 30.1 Å². The summed E-state index contributed by atoms with van der Waals surface area (Å²) in [4.78, 5) is 27.6. The van der Waals surface area contributed by atoms with E-state index in [9.17, 15) is 14.0 Å². The minimum Gasteiger partial charge on any atom is -0.332 e. The van der Waals surface area contributed by atoms with Crippen molar-refractivity contribution in [3.63, 3.8) is 0 Å². The molecule has 0 radical (unpaired) electrons. The van der Waals surface area contributed by atoms with Crippen LogP contribution < -0.4 is 4.90 Å². The summed E-state index contributed by atoms with van der Waals surface area (Å²) < 4.78 is 12.9. The van der Waals surface area contributed by atoms with Crippen LogP contribution in [-0.4, -0.2) is 36.3 Å². The molecule has 1 saturated carbocycles. The van der Waals surface area contributed by atoms with Crippen LogP contribution in [0.1, 0.15) is 25.7 Å². The van der Waals surface area contributed by atoms with E-state index in [0.717, 1.165) is 12.8 Å². The van der Waals surface area contributed by atoms with Gasteiger partial charge in [0.25, 0.3) is 0 Å². The number of hydrogen-bond donors (Lipinski definition) is 0. The summed E-state index contributed by atoms with van der Waals surface area (Å²) >= 11 is 0. The van der Waals surface area contributed by atoms with Gasteiger partial charge in [0.2, 0.25) is 0 Å². The Hall–Kier alpha value is -1.91. The third-order valence-electron chi connectivity index (χ3n) is 4.40. The molecule has 5 heteroatoms. The van der Waals surface area contributed by atoms with Crippen molar-refractivity contribution >= 4 is 17.5 Å². The second-order valence-electron chi connectivity index (χ2n) is 5.83. The van der Waals surface area contributed by atoms with Gasteiger partial charge in [-0.05, 0) is 43.0 Å². The zero-order valence-electron chi connectivity index (χ0n) is 11.9. The molecule has 0 atom stereocenters. The number of carbonyl (C=O) groups is 2. The van der Waals surface area contributed by atoms with Gasteiger partial charge in [-0.25, -0.2) is 4.39 Å². The molecule has 1 aliphatic carbocycles. The topological polar surface area (TPSA) is 40.6 Å². The molecule has 4 nitrogen and oxygen atoms in total. The number of piperazine rings is 1. The van der Waals surface area contributed by atoms with Crippen molar-refractivity contribution in [2.75, 3.05) is 24.5 Å². The van der Waals surface area contributed by atoms with Crippen LogP contribution in [-0.2, 0) is 9.59 Å². The Morgan fingerprint density at radius 3 is 2.33 bits per heavy atom. The van der Waals surface area contributed by atoms with Gasteiger partial charge < -0.3 is 9.80 Å².